The molecule has 0 heterocycles. The van der Waals surface area contributed by atoms with Gasteiger partial charge in [-0.2, -0.15) is 0 Å². The lowest BCUT2D eigenvalue weighted by Gasteiger charge is -2.22. The van der Waals surface area contributed by atoms with Crippen LogP contribution in [-0.4, -0.2) is 29.1 Å². The number of aliphatic hydroxyl groups is 2. The molecule has 0 amide bonds. The lowest BCUT2D eigenvalue weighted by molar-refractivity contribution is -0.276. The summed E-state index contributed by atoms with van der Waals surface area (Å²) in [5.74, 6) is 0. The average Bonchev–Trinajstić information content (AvgIpc) is 2.16. The summed E-state index contributed by atoms with van der Waals surface area (Å²) in [6.07, 6.45) is -0.508. The van der Waals surface area contributed by atoms with Gasteiger partial charge < -0.3 is 19.7 Å². The van der Waals surface area contributed by atoms with Gasteiger partial charge in [0.1, 0.15) is 0 Å². The molecule has 4 heteroatoms. The first kappa shape index (κ1) is 12.8. The minimum Gasteiger partial charge on any atom is -0.368 e. The molecule has 13 heavy (non-hydrogen) atoms. The van der Waals surface area contributed by atoms with Crippen molar-refractivity contribution in [2.75, 3.05) is 0 Å². The molecule has 0 aromatic carbocycles. The molecule has 0 fully saturated rings. The van der Waals surface area contributed by atoms with Gasteiger partial charge in [-0.15, -0.1) is 0 Å². The van der Waals surface area contributed by atoms with Crippen LogP contribution in [0.15, 0.2) is 0 Å². The molecule has 0 rings (SSSR count). The van der Waals surface area contributed by atoms with Crippen molar-refractivity contribution >= 4 is 0 Å². The molecule has 0 aliphatic heterocycles. The van der Waals surface area contributed by atoms with Crippen molar-refractivity contribution in [1.29, 1.82) is 0 Å². The normalized spacial score (nSPS) is 18.2. The zero-order valence-corrected chi connectivity index (χ0v) is 8.56. The van der Waals surface area contributed by atoms with Crippen LogP contribution in [0.3, 0.4) is 0 Å². The van der Waals surface area contributed by atoms with E-state index >= 15 is 0 Å². The van der Waals surface area contributed by atoms with E-state index in [-0.39, 0.29) is 0 Å². The van der Waals surface area contributed by atoms with Crippen LogP contribution < -0.4 is 0 Å². The van der Waals surface area contributed by atoms with Crippen molar-refractivity contribution in [3.63, 3.8) is 0 Å². The largest absolute Gasteiger partial charge is 0.368 e. The van der Waals surface area contributed by atoms with Crippen molar-refractivity contribution in [2.24, 2.45) is 0 Å². The molecule has 80 valence electrons. The Morgan fingerprint density at radius 3 is 1.46 bits per heavy atom. The topological polar surface area (TPSA) is 58.9 Å². The number of ether oxygens (including phenoxy) is 2. The molecule has 2 unspecified atom stereocenters. The Morgan fingerprint density at radius 2 is 1.23 bits per heavy atom. The molecular weight excluding hydrogens is 172 g/mol. The summed E-state index contributed by atoms with van der Waals surface area (Å²) in [6.45, 7) is 5.50. The highest BCUT2D eigenvalue weighted by Gasteiger charge is 2.14. The highest BCUT2D eigenvalue weighted by molar-refractivity contribution is 4.45. The van der Waals surface area contributed by atoms with E-state index in [9.17, 15) is 0 Å². The van der Waals surface area contributed by atoms with Crippen LogP contribution in [0.5, 0.6) is 0 Å². The molecule has 2 N–H and O–H groups in total. The van der Waals surface area contributed by atoms with E-state index in [2.05, 4.69) is 0 Å². The monoisotopic (exact) mass is 192 g/mol. The second-order valence-electron chi connectivity index (χ2n) is 2.84. The quantitative estimate of drug-likeness (QED) is 0.595. The fraction of sp³-hybridized carbons (Fsp3) is 1.00. The summed E-state index contributed by atoms with van der Waals surface area (Å²) in [5, 5.41) is 18.3. The van der Waals surface area contributed by atoms with Gasteiger partial charge in [0.25, 0.3) is 0 Å². The van der Waals surface area contributed by atoms with E-state index < -0.39 is 18.9 Å². The molecule has 0 aromatic rings. The summed E-state index contributed by atoms with van der Waals surface area (Å²) in [6, 6.07) is 0. The van der Waals surface area contributed by atoms with E-state index in [0.29, 0.717) is 19.3 Å². The van der Waals surface area contributed by atoms with Crippen LogP contribution in [0.2, 0.25) is 0 Å². The predicted octanol–water partition coefficient (Wildman–Crippen LogP) is 1.21. The first-order chi connectivity index (χ1) is 6.13. The third kappa shape index (κ3) is 5.99. The summed E-state index contributed by atoms with van der Waals surface area (Å²) in [4.78, 5) is 0. The molecule has 2 atom stereocenters. The van der Waals surface area contributed by atoms with Crippen molar-refractivity contribution in [3.05, 3.63) is 0 Å². The van der Waals surface area contributed by atoms with Crippen LogP contribution >= 0.6 is 0 Å². The second kappa shape index (κ2) is 7.26. The molecule has 0 spiro atoms. The van der Waals surface area contributed by atoms with E-state index in [0.717, 1.165) is 0 Å². The van der Waals surface area contributed by atoms with Crippen LogP contribution in [0, 0.1) is 0 Å². The maximum Gasteiger partial charge on any atom is 0.163 e. The van der Waals surface area contributed by atoms with Gasteiger partial charge in [-0.25, -0.2) is 0 Å². The standard InChI is InChI=1S/C9H20O4/c1-4-7(10)12-9(6-3)13-8(11)5-2/h7-11H,4-6H2,1-3H3. The number of hydrogen-bond donors (Lipinski definition) is 2. The van der Waals surface area contributed by atoms with Gasteiger partial charge in [0.05, 0.1) is 0 Å². The summed E-state index contributed by atoms with van der Waals surface area (Å²) in [5.41, 5.74) is 0. The molecule has 0 saturated heterocycles. The lowest BCUT2D eigenvalue weighted by atomic mass is 10.4. The van der Waals surface area contributed by atoms with Gasteiger partial charge in [0.15, 0.2) is 18.9 Å². The Balaban J connectivity index is 3.74. The Bertz CT molecular complexity index is 106. The van der Waals surface area contributed by atoms with Crippen LogP contribution in [0.25, 0.3) is 0 Å². The van der Waals surface area contributed by atoms with Gasteiger partial charge in [-0.1, -0.05) is 20.8 Å². The number of rotatable bonds is 7. The van der Waals surface area contributed by atoms with Crippen molar-refractivity contribution in [2.45, 2.75) is 58.9 Å². The maximum atomic E-state index is 9.16. The third-order valence-electron chi connectivity index (χ3n) is 1.65. The van der Waals surface area contributed by atoms with E-state index in [4.69, 9.17) is 19.7 Å². The van der Waals surface area contributed by atoms with E-state index in [1.807, 2.05) is 20.8 Å². The summed E-state index contributed by atoms with van der Waals surface area (Å²) in [7, 11) is 0. The minimum atomic E-state index is -0.811. The molecule has 4 nitrogen and oxygen atoms in total. The highest BCUT2D eigenvalue weighted by atomic mass is 16.8. The van der Waals surface area contributed by atoms with Gasteiger partial charge in [0.2, 0.25) is 0 Å². The fourth-order valence-corrected chi connectivity index (χ4v) is 0.767. The molecule has 0 radical (unpaired) electrons. The Hall–Kier alpha value is -0.160. The Labute approximate surface area is 79.5 Å². The minimum absolute atomic E-state index is 0.516. The summed E-state index contributed by atoms with van der Waals surface area (Å²) >= 11 is 0. The second-order valence-corrected chi connectivity index (χ2v) is 2.84. The van der Waals surface area contributed by atoms with E-state index in [1.165, 1.54) is 0 Å². The zero-order chi connectivity index (χ0) is 10.3. The Kier molecular flexibility index (Phi) is 7.17. The summed E-state index contributed by atoms with van der Waals surface area (Å²) < 4.78 is 10.2. The van der Waals surface area contributed by atoms with Crippen LogP contribution in [-0.2, 0) is 9.47 Å². The fourth-order valence-electron chi connectivity index (χ4n) is 0.767. The average molecular weight is 192 g/mol. The predicted molar refractivity (Wildman–Crippen MR) is 48.8 cm³/mol. The van der Waals surface area contributed by atoms with E-state index in [1.54, 1.807) is 0 Å². The van der Waals surface area contributed by atoms with Crippen molar-refractivity contribution in [3.8, 4) is 0 Å². The zero-order valence-electron chi connectivity index (χ0n) is 8.56. The molecule has 0 bridgehead atoms. The smallest absolute Gasteiger partial charge is 0.163 e. The SMILES string of the molecule is CCC(O)OC(CC)OC(O)CC. The first-order valence-electron chi connectivity index (χ1n) is 4.81. The Morgan fingerprint density at radius 1 is 0.846 bits per heavy atom. The number of aliphatic hydroxyl groups excluding tert-OH is 2. The molecule has 0 aliphatic carbocycles. The van der Waals surface area contributed by atoms with Gasteiger partial charge >= 0.3 is 0 Å². The first-order valence-corrected chi connectivity index (χ1v) is 4.81. The number of hydrogen-bond acceptors (Lipinski definition) is 4. The van der Waals surface area contributed by atoms with Gasteiger partial charge in [0, 0.05) is 0 Å². The van der Waals surface area contributed by atoms with Crippen molar-refractivity contribution in [1.82, 2.24) is 0 Å². The molecule has 0 aromatic heterocycles. The third-order valence-corrected chi connectivity index (χ3v) is 1.65. The van der Waals surface area contributed by atoms with Crippen LogP contribution in [0.1, 0.15) is 40.0 Å². The molecule has 0 aliphatic rings. The molecule has 0 saturated carbocycles. The van der Waals surface area contributed by atoms with Gasteiger partial charge in [-0.3, -0.25) is 0 Å². The lowest BCUT2D eigenvalue weighted by Crippen LogP contribution is -2.27. The maximum absolute atomic E-state index is 9.16. The van der Waals surface area contributed by atoms with Crippen LogP contribution in [0.4, 0.5) is 0 Å². The molecular formula is C9H20O4. The van der Waals surface area contributed by atoms with Crippen molar-refractivity contribution < 1.29 is 19.7 Å². The highest BCUT2D eigenvalue weighted by Crippen LogP contribution is 2.08. The van der Waals surface area contributed by atoms with Gasteiger partial charge in [-0.05, 0) is 19.3 Å².